The monoisotopic (exact) mass is 451 g/mol. The van der Waals surface area contributed by atoms with E-state index in [1.165, 1.54) is 22.7 Å². The van der Waals surface area contributed by atoms with E-state index in [2.05, 4.69) is 10.6 Å². The number of sulfonamides is 1. The highest BCUT2D eigenvalue weighted by Crippen LogP contribution is 2.27. The maximum absolute atomic E-state index is 13.2. The molecule has 1 aromatic carbocycles. The van der Waals surface area contributed by atoms with Crippen molar-refractivity contribution in [2.75, 3.05) is 19.6 Å². The van der Waals surface area contributed by atoms with Crippen molar-refractivity contribution in [1.29, 1.82) is 0 Å². The minimum Gasteiger partial charge on any atom is -0.469 e. The van der Waals surface area contributed by atoms with Crippen molar-refractivity contribution in [1.82, 2.24) is 14.9 Å². The lowest BCUT2D eigenvalue weighted by Crippen LogP contribution is -2.46. The molecule has 168 valence electrons. The van der Waals surface area contributed by atoms with Gasteiger partial charge < -0.3 is 15.1 Å². The summed E-state index contributed by atoms with van der Waals surface area (Å²) < 4.78 is 45.7. The zero-order valence-corrected chi connectivity index (χ0v) is 17.9. The molecule has 0 spiro atoms. The SMILES string of the molecule is O=C(NCCc1ccco1)C(=O)NCC[C@@H]1CCCCN1S(=O)(=O)c1ccc(F)cc1. The van der Waals surface area contributed by atoms with Gasteiger partial charge >= 0.3 is 11.8 Å². The van der Waals surface area contributed by atoms with Crippen LogP contribution in [0, 0.1) is 5.82 Å². The minimum absolute atomic E-state index is 0.0424. The first-order valence-electron chi connectivity index (χ1n) is 10.2. The van der Waals surface area contributed by atoms with Crippen molar-refractivity contribution in [2.24, 2.45) is 0 Å². The van der Waals surface area contributed by atoms with Crippen LogP contribution in [-0.4, -0.2) is 50.2 Å². The van der Waals surface area contributed by atoms with Gasteiger partial charge in [-0.25, -0.2) is 12.8 Å². The molecule has 2 aromatic rings. The second-order valence-electron chi connectivity index (χ2n) is 7.35. The van der Waals surface area contributed by atoms with E-state index >= 15 is 0 Å². The highest BCUT2D eigenvalue weighted by Gasteiger charge is 2.33. The van der Waals surface area contributed by atoms with Gasteiger partial charge in [0.2, 0.25) is 10.0 Å². The molecule has 3 rings (SSSR count). The molecule has 1 fully saturated rings. The van der Waals surface area contributed by atoms with Crippen molar-refractivity contribution in [3.63, 3.8) is 0 Å². The number of hydrogen-bond acceptors (Lipinski definition) is 5. The third kappa shape index (κ3) is 6.14. The standard InChI is InChI=1S/C21H26FN3O5S/c22-16-6-8-19(9-7-16)31(28,29)25-14-2-1-4-17(25)10-12-23-20(26)21(27)24-13-11-18-5-3-15-30-18/h3,5-9,15,17H,1-2,4,10-14H2,(H,23,26)(H,24,27)/t17-/m0/s1. The summed E-state index contributed by atoms with van der Waals surface area (Å²) in [4.78, 5) is 23.9. The van der Waals surface area contributed by atoms with Gasteiger partial charge in [-0.1, -0.05) is 6.42 Å². The highest BCUT2D eigenvalue weighted by molar-refractivity contribution is 7.89. The number of halogens is 1. The molecule has 0 saturated carbocycles. The van der Waals surface area contributed by atoms with Crippen molar-refractivity contribution in [2.45, 2.75) is 43.0 Å². The van der Waals surface area contributed by atoms with Crippen LogP contribution in [0.15, 0.2) is 52.0 Å². The fourth-order valence-electron chi connectivity index (χ4n) is 3.59. The first-order valence-corrected chi connectivity index (χ1v) is 11.7. The van der Waals surface area contributed by atoms with Crippen LogP contribution < -0.4 is 10.6 Å². The first kappa shape index (κ1) is 23.0. The maximum Gasteiger partial charge on any atom is 0.309 e. The molecule has 2 heterocycles. The van der Waals surface area contributed by atoms with Crippen LogP contribution in [0.4, 0.5) is 4.39 Å². The number of carbonyl (C=O) groups excluding carboxylic acids is 2. The van der Waals surface area contributed by atoms with Gasteiger partial charge in [-0.15, -0.1) is 0 Å². The van der Waals surface area contributed by atoms with E-state index in [1.807, 2.05) is 0 Å². The molecule has 2 N–H and O–H groups in total. The third-order valence-corrected chi connectivity index (χ3v) is 7.17. The van der Waals surface area contributed by atoms with E-state index in [0.29, 0.717) is 31.6 Å². The van der Waals surface area contributed by atoms with Crippen LogP contribution >= 0.6 is 0 Å². The molecule has 8 nitrogen and oxygen atoms in total. The van der Waals surface area contributed by atoms with Crippen LogP contribution in [0.2, 0.25) is 0 Å². The summed E-state index contributed by atoms with van der Waals surface area (Å²) in [6, 6.07) is 7.98. The largest absolute Gasteiger partial charge is 0.469 e. The Kier molecular flexibility index (Phi) is 7.80. The fourth-order valence-corrected chi connectivity index (χ4v) is 5.31. The number of amides is 2. The molecule has 0 unspecified atom stereocenters. The van der Waals surface area contributed by atoms with Crippen LogP contribution in [0.25, 0.3) is 0 Å². The summed E-state index contributed by atoms with van der Waals surface area (Å²) in [5.41, 5.74) is 0. The van der Waals surface area contributed by atoms with E-state index < -0.39 is 27.7 Å². The second-order valence-corrected chi connectivity index (χ2v) is 9.24. The average Bonchev–Trinajstić information content (AvgIpc) is 3.27. The van der Waals surface area contributed by atoms with Gasteiger partial charge in [0.25, 0.3) is 0 Å². The van der Waals surface area contributed by atoms with Crippen molar-refractivity contribution in [3.05, 3.63) is 54.2 Å². The van der Waals surface area contributed by atoms with Gasteiger partial charge in [0, 0.05) is 32.1 Å². The molecular weight excluding hydrogens is 425 g/mol. The van der Waals surface area contributed by atoms with E-state index in [4.69, 9.17) is 4.42 Å². The summed E-state index contributed by atoms with van der Waals surface area (Å²) >= 11 is 0. The predicted octanol–water partition coefficient (Wildman–Crippen LogP) is 1.83. The Labute approximate surface area is 180 Å². The number of nitrogens with one attached hydrogen (secondary N) is 2. The molecular formula is C21H26FN3O5S. The fraction of sp³-hybridized carbons (Fsp3) is 0.429. The number of piperidine rings is 1. The zero-order valence-electron chi connectivity index (χ0n) is 17.1. The molecule has 0 bridgehead atoms. The van der Waals surface area contributed by atoms with Gasteiger partial charge in [-0.05, 0) is 55.7 Å². The zero-order chi connectivity index (χ0) is 22.3. The van der Waals surface area contributed by atoms with E-state index in [-0.39, 0.29) is 24.0 Å². The van der Waals surface area contributed by atoms with E-state index in [1.54, 1.807) is 12.1 Å². The molecule has 1 atom stereocenters. The minimum atomic E-state index is -3.76. The van der Waals surface area contributed by atoms with Gasteiger partial charge in [0.05, 0.1) is 11.2 Å². The normalized spacial score (nSPS) is 17.3. The highest BCUT2D eigenvalue weighted by atomic mass is 32.2. The second kappa shape index (κ2) is 10.5. The topological polar surface area (TPSA) is 109 Å². The number of rotatable bonds is 8. The van der Waals surface area contributed by atoms with Crippen LogP contribution in [0.1, 0.15) is 31.4 Å². The lowest BCUT2D eigenvalue weighted by Gasteiger charge is -2.34. The number of furan rings is 1. The number of benzene rings is 1. The lowest BCUT2D eigenvalue weighted by molar-refractivity contribution is -0.139. The van der Waals surface area contributed by atoms with Crippen molar-refractivity contribution >= 4 is 21.8 Å². The van der Waals surface area contributed by atoms with Crippen LogP contribution in [-0.2, 0) is 26.0 Å². The summed E-state index contributed by atoms with van der Waals surface area (Å²) in [5, 5.41) is 5.07. The smallest absolute Gasteiger partial charge is 0.309 e. The number of hydrogen-bond donors (Lipinski definition) is 2. The summed E-state index contributed by atoms with van der Waals surface area (Å²) in [6.07, 6.45) is 4.67. The Bertz CT molecular complexity index is 977. The molecule has 1 aliphatic heterocycles. The van der Waals surface area contributed by atoms with Crippen LogP contribution in [0.3, 0.4) is 0 Å². The first-order chi connectivity index (χ1) is 14.9. The molecule has 31 heavy (non-hydrogen) atoms. The molecule has 1 aromatic heterocycles. The molecule has 1 aliphatic rings. The van der Waals surface area contributed by atoms with E-state index in [0.717, 1.165) is 25.0 Å². The Hall–Kier alpha value is -2.72. The maximum atomic E-state index is 13.2. The summed E-state index contributed by atoms with van der Waals surface area (Å²) in [7, 11) is -3.76. The van der Waals surface area contributed by atoms with E-state index in [9.17, 15) is 22.4 Å². The predicted molar refractivity (Wildman–Crippen MR) is 111 cm³/mol. The Balaban J connectivity index is 1.49. The summed E-state index contributed by atoms with van der Waals surface area (Å²) in [5.74, 6) is -1.30. The Morgan fingerprint density at radius 2 is 1.77 bits per heavy atom. The molecule has 0 aliphatic carbocycles. The van der Waals surface area contributed by atoms with Gasteiger partial charge in [0.1, 0.15) is 11.6 Å². The van der Waals surface area contributed by atoms with Crippen LogP contribution in [0.5, 0.6) is 0 Å². The number of nitrogens with zero attached hydrogens (tertiary/aromatic N) is 1. The van der Waals surface area contributed by atoms with Gasteiger partial charge in [0.15, 0.2) is 0 Å². The number of carbonyl (C=O) groups is 2. The third-order valence-electron chi connectivity index (χ3n) is 5.20. The molecule has 2 amide bonds. The lowest BCUT2D eigenvalue weighted by atomic mass is 10.0. The summed E-state index contributed by atoms with van der Waals surface area (Å²) in [6.45, 7) is 0.808. The molecule has 0 radical (unpaired) electrons. The Morgan fingerprint density at radius 3 is 2.45 bits per heavy atom. The van der Waals surface area contributed by atoms with Gasteiger partial charge in [-0.2, -0.15) is 4.31 Å². The quantitative estimate of drug-likeness (QED) is 0.595. The Morgan fingerprint density at radius 1 is 1.06 bits per heavy atom. The van der Waals surface area contributed by atoms with Crippen molar-refractivity contribution < 1.29 is 26.8 Å². The van der Waals surface area contributed by atoms with Crippen molar-refractivity contribution in [3.8, 4) is 0 Å². The molecule has 1 saturated heterocycles. The average molecular weight is 452 g/mol. The molecule has 10 heteroatoms. The van der Waals surface area contributed by atoms with Gasteiger partial charge in [-0.3, -0.25) is 9.59 Å².